The van der Waals surface area contributed by atoms with Crippen molar-refractivity contribution in [1.29, 1.82) is 0 Å². The van der Waals surface area contributed by atoms with Crippen molar-refractivity contribution in [3.8, 4) is 12.3 Å². The van der Waals surface area contributed by atoms with Crippen LogP contribution in [0.25, 0.3) is 0 Å². The molecule has 0 spiro atoms. The molecule has 0 aliphatic carbocycles. The van der Waals surface area contributed by atoms with Gasteiger partial charge in [-0.1, -0.05) is 18.1 Å². The van der Waals surface area contributed by atoms with E-state index in [-0.39, 0.29) is 24.0 Å². The summed E-state index contributed by atoms with van der Waals surface area (Å²) in [5.74, 6) is 2.84. The Balaban J connectivity index is 2.36. The molecule has 0 radical (unpaired) electrons. The van der Waals surface area contributed by atoms with Crippen LogP contribution >= 0.6 is 0 Å². The number of terminal acetylenes is 1. The molecule has 0 aromatic heterocycles. The van der Waals surface area contributed by atoms with Crippen molar-refractivity contribution in [2.45, 2.75) is 19.0 Å². The number of rotatable bonds is 3. The summed E-state index contributed by atoms with van der Waals surface area (Å²) in [6.07, 6.45) is 5.42. The van der Waals surface area contributed by atoms with Crippen LogP contribution in [0.15, 0.2) is 29.3 Å². The second kappa shape index (κ2) is 5.25. The van der Waals surface area contributed by atoms with Crippen LogP contribution in [-0.4, -0.2) is 36.9 Å². The van der Waals surface area contributed by atoms with Gasteiger partial charge in [0, 0.05) is 19.8 Å². The molecule has 1 aliphatic heterocycles. The number of aliphatic imine (C=N–C) groups is 1. The second-order valence-corrected chi connectivity index (χ2v) is 4.96. The number of carbonyl (C=O) groups excluding carboxylic acids is 1. The number of anilines is 1. The van der Waals surface area contributed by atoms with Crippen LogP contribution in [0.1, 0.15) is 18.5 Å². The van der Waals surface area contributed by atoms with Gasteiger partial charge in [-0.2, -0.15) is 4.99 Å². The first kappa shape index (κ1) is 13.9. The molecule has 1 aromatic rings. The van der Waals surface area contributed by atoms with Gasteiger partial charge in [0.25, 0.3) is 0 Å². The van der Waals surface area contributed by atoms with Gasteiger partial charge in [-0.15, -0.1) is 6.42 Å². The number of hydrogen-bond donors (Lipinski definition) is 1. The minimum Gasteiger partial charge on any atom is -0.385 e. The Morgan fingerprint density at radius 3 is 2.50 bits per heavy atom. The van der Waals surface area contributed by atoms with E-state index in [0.717, 1.165) is 11.3 Å². The molecule has 5 heteroatoms. The van der Waals surface area contributed by atoms with Crippen LogP contribution in [0.2, 0.25) is 0 Å². The van der Waals surface area contributed by atoms with Crippen LogP contribution in [0.4, 0.5) is 10.5 Å². The molecule has 2 unspecified atom stereocenters. The first-order valence-corrected chi connectivity index (χ1v) is 6.35. The van der Waals surface area contributed by atoms with Crippen LogP contribution in [0.3, 0.4) is 0 Å². The number of nitrogens with zero attached hydrogens (tertiary/aromatic N) is 3. The van der Waals surface area contributed by atoms with E-state index < -0.39 is 0 Å². The molecule has 2 atom stereocenters. The van der Waals surface area contributed by atoms with Gasteiger partial charge >= 0.3 is 6.03 Å². The highest BCUT2D eigenvalue weighted by Crippen LogP contribution is 2.29. The fourth-order valence-electron chi connectivity index (χ4n) is 2.24. The fraction of sp³-hybridized carbons (Fsp3) is 0.333. The lowest BCUT2D eigenvalue weighted by Gasteiger charge is -2.27. The highest BCUT2D eigenvalue weighted by atomic mass is 16.2. The van der Waals surface area contributed by atoms with Crippen LogP contribution in [0.5, 0.6) is 0 Å². The summed E-state index contributed by atoms with van der Waals surface area (Å²) < 4.78 is 0. The summed E-state index contributed by atoms with van der Waals surface area (Å²) in [7, 11) is 3.94. The largest absolute Gasteiger partial charge is 0.385 e. The van der Waals surface area contributed by atoms with Crippen molar-refractivity contribution >= 4 is 17.6 Å². The molecular weight excluding hydrogens is 252 g/mol. The Bertz CT molecular complexity index is 583. The number of amidine groups is 1. The first-order valence-electron chi connectivity index (χ1n) is 6.35. The Hall–Kier alpha value is -2.48. The van der Waals surface area contributed by atoms with Crippen molar-refractivity contribution in [3.63, 3.8) is 0 Å². The zero-order chi connectivity index (χ0) is 14.9. The quantitative estimate of drug-likeness (QED) is 0.849. The number of carbonyl (C=O) groups is 1. The molecule has 2 N–H and O–H groups in total. The summed E-state index contributed by atoms with van der Waals surface area (Å²) in [5, 5.41) is 0. The van der Waals surface area contributed by atoms with Gasteiger partial charge in [-0.25, -0.2) is 4.79 Å². The molecular formula is C15H18N4O. The van der Waals surface area contributed by atoms with E-state index in [0.29, 0.717) is 0 Å². The SMILES string of the molecule is C#CC(C)N1C(=O)N=C(N)C1c1ccc(N(C)C)cc1. The predicted octanol–water partition coefficient (Wildman–Crippen LogP) is 1.61. The lowest BCUT2D eigenvalue weighted by Crippen LogP contribution is -2.38. The molecule has 0 fully saturated rings. The van der Waals surface area contributed by atoms with E-state index >= 15 is 0 Å². The lowest BCUT2D eigenvalue weighted by atomic mass is 10.0. The topological polar surface area (TPSA) is 61.9 Å². The average molecular weight is 270 g/mol. The van der Waals surface area contributed by atoms with E-state index in [4.69, 9.17) is 12.2 Å². The van der Waals surface area contributed by atoms with Crippen molar-refractivity contribution in [3.05, 3.63) is 29.8 Å². The maximum absolute atomic E-state index is 11.9. The normalized spacial score (nSPS) is 19.5. The van der Waals surface area contributed by atoms with Gasteiger partial charge in [0.2, 0.25) is 0 Å². The third kappa shape index (κ3) is 2.32. The van der Waals surface area contributed by atoms with Crippen LogP contribution < -0.4 is 10.6 Å². The highest BCUT2D eigenvalue weighted by molar-refractivity contribution is 6.03. The maximum atomic E-state index is 11.9. The maximum Gasteiger partial charge on any atom is 0.347 e. The van der Waals surface area contributed by atoms with Crippen molar-refractivity contribution < 1.29 is 4.79 Å². The summed E-state index contributed by atoms with van der Waals surface area (Å²) in [6, 6.07) is 6.72. The van der Waals surface area contributed by atoms with Gasteiger partial charge in [-0.05, 0) is 24.6 Å². The van der Waals surface area contributed by atoms with E-state index in [1.807, 2.05) is 43.3 Å². The third-order valence-electron chi connectivity index (χ3n) is 3.39. The number of urea groups is 1. The van der Waals surface area contributed by atoms with Gasteiger partial charge in [-0.3, -0.25) is 4.90 Å². The monoisotopic (exact) mass is 270 g/mol. The standard InChI is InChI=1S/C15H18N4O/c1-5-10(2)19-13(14(16)17-15(19)20)11-6-8-12(9-7-11)18(3)4/h1,6-10,13H,2-4H3,(H2,16,17,20). The molecule has 1 aromatic carbocycles. The van der Waals surface area contributed by atoms with E-state index in [9.17, 15) is 4.79 Å². The molecule has 1 heterocycles. The Labute approximate surface area is 119 Å². The van der Waals surface area contributed by atoms with Crippen molar-refractivity contribution in [1.82, 2.24) is 4.90 Å². The van der Waals surface area contributed by atoms with Crippen LogP contribution in [0, 0.1) is 12.3 Å². The van der Waals surface area contributed by atoms with Gasteiger partial charge in [0.15, 0.2) is 0 Å². The Kier molecular flexibility index (Phi) is 3.66. The Morgan fingerprint density at radius 2 is 2.00 bits per heavy atom. The van der Waals surface area contributed by atoms with Crippen molar-refractivity contribution in [2.24, 2.45) is 10.7 Å². The summed E-state index contributed by atoms with van der Waals surface area (Å²) in [6.45, 7) is 1.78. The zero-order valence-corrected chi connectivity index (χ0v) is 11.9. The Morgan fingerprint density at radius 1 is 1.40 bits per heavy atom. The summed E-state index contributed by atoms with van der Waals surface area (Å²) >= 11 is 0. The smallest absolute Gasteiger partial charge is 0.347 e. The molecule has 2 rings (SSSR count). The van der Waals surface area contributed by atoms with E-state index in [2.05, 4.69) is 10.9 Å². The number of hydrogen-bond acceptors (Lipinski definition) is 3. The van der Waals surface area contributed by atoms with Crippen LogP contribution in [-0.2, 0) is 0 Å². The second-order valence-electron chi connectivity index (χ2n) is 4.96. The molecule has 5 nitrogen and oxygen atoms in total. The summed E-state index contributed by atoms with van der Waals surface area (Å²) in [5.41, 5.74) is 7.87. The lowest BCUT2D eigenvalue weighted by molar-refractivity contribution is 0.199. The highest BCUT2D eigenvalue weighted by Gasteiger charge is 2.37. The molecule has 0 saturated heterocycles. The third-order valence-corrected chi connectivity index (χ3v) is 3.39. The summed E-state index contributed by atoms with van der Waals surface area (Å²) in [4.78, 5) is 19.3. The molecule has 0 bridgehead atoms. The number of amides is 2. The van der Waals surface area contributed by atoms with Crippen molar-refractivity contribution in [2.75, 3.05) is 19.0 Å². The van der Waals surface area contributed by atoms with Gasteiger partial charge < -0.3 is 10.6 Å². The molecule has 2 amide bonds. The zero-order valence-electron chi connectivity index (χ0n) is 11.9. The fourth-order valence-corrected chi connectivity index (χ4v) is 2.24. The molecule has 1 aliphatic rings. The minimum atomic E-state index is -0.384. The molecule has 0 saturated carbocycles. The molecule has 20 heavy (non-hydrogen) atoms. The van der Waals surface area contributed by atoms with Gasteiger partial charge in [0.1, 0.15) is 11.9 Å². The van der Waals surface area contributed by atoms with E-state index in [1.165, 1.54) is 4.90 Å². The van der Waals surface area contributed by atoms with E-state index in [1.54, 1.807) is 6.92 Å². The number of nitrogens with two attached hydrogens (primary N) is 1. The minimum absolute atomic E-state index is 0.287. The predicted molar refractivity (Wildman–Crippen MR) is 80.7 cm³/mol. The average Bonchev–Trinajstić information content (AvgIpc) is 2.72. The van der Waals surface area contributed by atoms with Gasteiger partial charge in [0.05, 0.1) is 6.04 Å². The molecule has 104 valence electrons. The first-order chi connectivity index (χ1) is 9.45. The number of benzene rings is 1.